The van der Waals surface area contributed by atoms with Crippen LogP contribution in [-0.2, 0) is 10.1 Å². The van der Waals surface area contributed by atoms with Crippen LogP contribution in [0.2, 0.25) is 0 Å². The zero-order chi connectivity index (χ0) is 20.2. The first kappa shape index (κ1) is 24.0. The van der Waals surface area contributed by atoms with Crippen molar-refractivity contribution in [3.05, 3.63) is 65.7 Å². The van der Waals surface area contributed by atoms with Gasteiger partial charge in [0.1, 0.15) is 11.4 Å². The van der Waals surface area contributed by atoms with Crippen molar-refractivity contribution >= 4 is 70.3 Å². The average Bonchev–Trinajstić information content (AvgIpc) is 2.62. The van der Waals surface area contributed by atoms with E-state index in [1.807, 2.05) is 24.3 Å². The number of phenolic OH excluding ortho intramolecular Hbond substituents is 1. The van der Waals surface area contributed by atoms with E-state index in [9.17, 15) is 18.3 Å². The molecular formula is C18H15CaN2O6S+. The monoisotopic (exact) mass is 427 g/mol. The van der Waals surface area contributed by atoms with Crippen molar-refractivity contribution in [3.63, 3.8) is 0 Å². The number of nitrogens with zero attached hydrogens (tertiary/aromatic N) is 1. The molecule has 0 radical (unpaired) electrons. The third-order valence-corrected chi connectivity index (χ3v) is 4.51. The number of aromatic hydroxyl groups is 1. The number of aromatic carboxylic acids is 1. The van der Waals surface area contributed by atoms with Gasteiger partial charge in [-0.05, 0) is 24.1 Å². The smallest absolute Gasteiger partial charge is 0.506 e. The fraction of sp³-hybridized carbons (Fsp3) is 0.0556. The van der Waals surface area contributed by atoms with Crippen molar-refractivity contribution in [2.24, 2.45) is 5.11 Å². The van der Waals surface area contributed by atoms with Crippen molar-refractivity contribution in [2.45, 2.75) is 11.8 Å². The van der Waals surface area contributed by atoms with Crippen LogP contribution in [0.15, 0.2) is 58.5 Å². The summed E-state index contributed by atoms with van der Waals surface area (Å²) >= 11 is 0. The Labute approximate surface area is 191 Å². The van der Waals surface area contributed by atoms with Gasteiger partial charge in [0.15, 0.2) is 4.90 Å². The quantitative estimate of drug-likeness (QED) is 0.217. The topological polar surface area (TPSA) is 148 Å². The Kier molecular flexibility index (Phi) is 8.52. The molecule has 0 fully saturated rings. The van der Waals surface area contributed by atoms with Crippen molar-refractivity contribution in [3.8, 4) is 5.75 Å². The van der Waals surface area contributed by atoms with E-state index in [-0.39, 0.29) is 54.6 Å². The molecule has 10 heteroatoms. The molecule has 0 saturated heterocycles. The zero-order valence-electron chi connectivity index (χ0n) is 14.7. The second-order valence-corrected chi connectivity index (χ2v) is 6.81. The summed E-state index contributed by atoms with van der Waals surface area (Å²) in [4.78, 5) is 9.90. The van der Waals surface area contributed by atoms with Crippen molar-refractivity contribution in [1.29, 1.82) is 5.53 Å². The van der Waals surface area contributed by atoms with Gasteiger partial charge in [-0.15, -0.1) is 41.1 Å². The molecular weight excluding hydrogens is 412 g/mol. The Balaban J connectivity index is 0.000000271. The van der Waals surface area contributed by atoms with Crippen LogP contribution in [0, 0.1) is 18.5 Å². The average molecular weight is 427 g/mol. The van der Waals surface area contributed by atoms with E-state index in [4.69, 9.17) is 15.2 Å². The van der Waals surface area contributed by atoms with Gasteiger partial charge in [-0.3, -0.25) is 9.35 Å². The molecule has 0 atom stereocenters. The van der Waals surface area contributed by atoms with Gasteiger partial charge in [0.25, 0.3) is 16.1 Å². The van der Waals surface area contributed by atoms with Crippen LogP contribution in [0.25, 0.3) is 10.8 Å². The SMILES string of the molecule is Cc1ccc(N=N)c(S(=O)(=O)O)c1O.O=C(O)c1c[c-]c2ccccc2c1.[Ca+2]. The molecule has 0 aliphatic carbocycles. The Morgan fingerprint density at radius 1 is 1.18 bits per heavy atom. The van der Waals surface area contributed by atoms with Gasteiger partial charge in [-0.1, -0.05) is 18.2 Å². The second kappa shape index (κ2) is 9.94. The summed E-state index contributed by atoms with van der Waals surface area (Å²) in [6.45, 7) is 1.47. The molecule has 0 aliphatic rings. The van der Waals surface area contributed by atoms with Crippen LogP contribution < -0.4 is 0 Å². The van der Waals surface area contributed by atoms with Crippen LogP contribution in [0.5, 0.6) is 5.75 Å². The number of carboxylic acids is 1. The molecule has 140 valence electrons. The second-order valence-electron chi connectivity index (χ2n) is 5.45. The maximum Gasteiger partial charge on any atom is 2.00 e. The molecule has 0 aromatic heterocycles. The zero-order valence-corrected chi connectivity index (χ0v) is 17.8. The molecule has 3 rings (SSSR count). The summed E-state index contributed by atoms with van der Waals surface area (Å²) in [5, 5.41) is 22.8. The first-order valence-electron chi connectivity index (χ1n) is 7.46. The molecule has 3 aromatic rings. The molecule has 0 saturated carbocycles. The number of aryl methyl sites for hydroxylation is 1. The molecule has 0 amide bonds. The molecule has 0 aliphatic heterocycles. The van der Waals surface area contributed by atoms with Crippen molar-refractivity contribution in [2.75, 3.05) is 0 Å². The Bertz CT molecular complexity index is 1130. The van der Waals surface area contributed by atoms with E-state index in [1.54, 1.807) is 6.07 Å². The number of phenols is 1. The maximum atomic E-state index is 10.8. The fourth-order valence-electron chi connectivity index (χ4n) is 2.24. The summed E-state index contributed by atoms with van der Waals surface area (Å²) in [6, 6.07) is 16.2. The molecule has 0 spiro atoms. The predicted molar refractivity (Wildman–Crippen MR) is 103 cm³/mol. The Morgan fingerprint density at radius 3 is 2.39 bits per heavy atom. The number of hydrogen-bond acceptors (Lipinski definition) is 6. The van der Waals surface area contributed by atoms with Crippen molar-refractivity contribution in [1.82, 2.24) is 0 Å². The molecule has 0 unspecified atom stereocenters. The van der Waals surface area contributed by atoms with Gasteiger partial charge in [0.05, 0.1) is 0 Å². The number of fused-ring (bicyclic) bond motifs is 1. The van der Waals surface area contributed by atoms with Crippen LogP contribution in [0.1, 0.15) is 15.9 Å². The summed E-state index contributed by atoms with van der Waals surface area (Å²) in [5.74, 6) is -1.50. The third kappa shape index (κ3) is 5.73. The molecule has 0 heterocycles. The van der Waals surface area contributed by atoms with E-state index >= 15 is 0 Å². The number of carbonyl (C=O) groups is 1. The third-order valence-electron chi connectivity index (χ3n) is 3.59. The minimum atomic E-state index is -4.56. The van der Waals surface area contributed by atoms with Gasteiger partial charge in [-0.2, -0.15) is 13.5 Å². The number of hydrogen-bond donors (Lipinski definition) is 4. The number of carboxylic acid groups (broad SMARTS) is 1. The van der Waals surface area contributed by atoms with Gasteiger partial charge in [0.2, 0.25) is 0 Å². The van der Waals surface area contributed by atoms with E-state index < -0.39 is 26.7 Å². The molecule has 4 N–H and O–H groups in total. The molecule has 8 nitrogen and oxygen atoms in total. The van der Waals surface area contributed by atoms with Crippen molar-refractivity contribution < 1.29 is 28.0 Å². The standard InChI is InChI=1S/C11H7O2.C7H8N2O4S.Ca/c12-11(13)10-6-5-8-3-1-2-4-9(8)7-10;1-4-2-3-5(9-8)7(6(4)10)14(11,12)13;/h1-4,6-7H,(H,12,13);2-3,8,10H,1H3,(H,11,12,13);/q-1;;+2. The van der Waals surface area contributed by atoms with Gasteiger partial charge < -0.3 is 10.2 Å². The summed E-state index contributed by atoms with van der Waals surface area (Å²) in [7, 11) is -4.56. The summed E-state index contributed by atoms with van der Waals surface area (Å²) in [5.41, 5.74) is 6.93. The molecule has 3 aromatic carbocycles. The minimum Gasteiger partial charge on any atom is -0.506 e. The number of rotatable bonds is 3. The van der Waals surface area contributed by atoms with E-state index in [1.165, 1.54) is 25.1 Å². The first-order valence-corrected chi connectivity index (χ1v) is 8.90. The maximum absolute atomic E-state index is 10.8. The number of benzene rings is 3. The van der Waals surface area contributed by atoms with Gasteiger partial charge in [0, 0.05) is 0 Å². The Morgan fingerprint density at radius 2 is 1.82 bits per heavy atom. The number of nitrogens with one attached hydrogen (secondary N) is 1. The molecule has 28 heavy (non-hydrogen) atoms. The fourth-order valence-corrected chi connectivity index (χ4v) is 3.03. The Hall–Kier alpha value is -2.04. The summed E-state index contributed by atoms with van der Waals surface area (Å²) in [6.07, 6.45) is 0. The van der Waals surface area contributed by atoms with Crippen LogP contribution >= 0.6 is 0 Å². The van der Waals surface area contributed by atoms with Gasteiger partial charge >= 0.3 is 37.7 Å². The largest absolute Gasteiger partial charge is 2.00 e. The predicted octanol–water partition coefficient (Wildman–Crippen LogP) is 3.57. The van der Waals surface area contributed by atoms with Crippen LogP contribution in [0.4, 0.5) is 5.69 Å². The summed E-state index contributed by atoms with van der Waals surface area (Å²) < 4.78 is 30.5. The van der Waals surface area contributed by atoms with Crippen LogP contribution in [0.3, 0.4) is 0 Å². The molecule has 0 bridgehead atoms. The van der Waals surface area contributed by atoms with Gasteiger partial charge in [-0.25, -0.2) is 5.53 Å². The normalized spacial score (nSPS) is 10.4. The van der Waals surface area contributed by atoms with Crippen LogP contribution in [-0.4, -0.2) is 66.9 Å². The minimum absolute atomic E-state index is 0. The van der Waals surface area contributed by atoms with E-state index in [0.29, 0.717) is 0 Å². The first-order chi connectivity index (χ1) is 12.6. The van der Waals surface area contributed by atoms with E-state index in [0.717, 1.165) is 10.8 Å². The van der Waals surface area contributed by atoms with E-state index in [2.05, 4.69) is 11.2 Å².